The van der Waals surface area contributed by atoms with Crippen LogP contribution in [0.25, 0.3) is 0 Å². The van der Waals surface area contributed by atoms with E-state index in [1.54, 1.807) is 0 Å². The third kappa shape index (κ3) is 3.02. The lowest BCUT2D eigenvalue weighted by Gasteiger charge is -2.24. The molecule has 0 saturated heterocycles. The van der Waals surface area contributed by atoms with Gasteiger partial charge in [0.15, 0.2) is 0 Å². The first-order valence-electron chi connectivity index (χ1n) is 3.48. The van der Waals surface area contributed by atoms with Crippen molar-refractivity contribution in [2.24, 2.45) is 0 Å². The minimum absolute atomic E-state index is 0.726. The van der Waals surface area contributed by atoms with Gasteiger partial charge in [-0.15, -0.1) is 0 Å². The summed E-state index contributed by atoms with van der Waals surface area (Å²) in [5.41, 5.74) is 0. The lowest BCUT2D eigenvalue weighted by atomic mass is 10.0. The largest absolute Gasteiger partial charge is 0.394 e. The normalized spacial score (nSPS) is 21.5. The summed E-state index contributed by atoms with van der Waals surface area (Å²) in [5.74, 6) is 0. The smallest absolute Gasteiger partial charge is 0.111 e. The van der Waals surface area contributed by atoms with Crippen LogP contribution in [0.15, 0.2) is 0 Å². The molecule has 0 radical (unpaired) electrons. The zero-order valence-electron chi connectivity index (χ0n) is 6.41. The van der Waals surface area contributed by atoms with Crippen molar-refractivity contribution in [2.45, 2.75) is 24.4 Å². The predicted octanol–water partition coefficient (Wildman–Crippen LogP) is -3.59. The molecule has 0 fully saturated rings. The zero-order valence-corrected chi connectivity index (χ0v) is 6.41. The summed E-state index contributed by atoms with van der Waals surface area (Å²) in [5, 5.41) is 52.2. The van der Waals surface area contributed by atoms with Crippen LogP contribution in [0, 0.1) is 0 Å². The molecule has 0 aromatic carbocycles. The Bertz CT molecular complexity index is 105. The molecule has 12 heavy (non-hydrogen) atoms. The van der Waals surface area contributed by atoms with Gasteiger partial charge in [0.1, 0.15) is 24.4 Å². The second kappa shape index (κ2) is 5.41. The highest BCUT2D eigenvalue weighted by Crippen LogP contribution is 2.03. The first-order chi connectivity index (χ1) is 5.54. The molecule has 0 amide bonds. The van der Waals surface area contributed by atoms with E-state index in [0.717, 1.165) is 0 Å². The van der Waals surface area contributed by atoms with Gasteiger partial charge in [0.25, 0.3) is 0 Å². The molecular weight excluding hydrogens is 168 g/mol. The molecule has 74 valence electrons. The van der Waals surface area contributed by atoms with Crippen LogP contribution in [-0.4, -0.2) is 68.3 Å². The number of hydrogen-bond donors (Lipinski definition) is 6. The highest BCUT2D eigenvalue weighted by Gasteiger charge is 2.29. The van der Waals surface area contributed by atoms with E-state index in [4.69, 9.17) is 30.6 Å². The van der Waals surface area contributed by atoms with E-state index < -0.39 is 37.6 Å². The Hall–Kier alpha value is -0.240. The van der Waals surface area contributed by atoms with E-state index >= 15 is 0 Å². The average molecular weight is 182 g/mol. The maximum absolute atomic E-state index is 8.96. The highest BCUT2D eigenvalue weighted by atomic mass is 16.4. The fraction of sp³-hybridized carbons (Fsp3) is 1.00. The van der Waals surface area contributed by atoms with Crippen molar-refractivity contribution in [3.05, 3.63) is 0 Å². The second-order valence-electron chi connectivity index (χ2n) is 2.48. The summed E-state index contributed by atoms with van der Waals surface area (Å²) >= 11 is 0. The van der Waals surface area contributed by atoms with Crippen LogP contribution in [0.4, 0.5) is 0 Å². The second-order valence-corrected chi connectivity index (χ2v) is 2.48. The van der Waals surface area contributed by atoms with Gasteiger partial charge < -0.3 is 30.6 Å². The van der Waals surface area contributed by atoms with Crippen molar-refractivity contribution in [3.63, 3.8) is 0 Å². The molecule has 0 aliphatic carbocycles. The Balaban J connectivity index is 3.99. The van der Waals surface area contributed by atoms with Gasteiger partial charge in [0, 0.05) is 0 Å². The topological polar surface area (TPSA) is 121 Å². The molecule has 0 aliphatic heterocycles. The van der Waals surface area contributed by atoms with Gasteiger partial charge in [0.2, 0.25) is 0 Å². The molecule has 6 N–H and O–H groups in total. The van der Waals surface area contributed by atoms with Crippen LogP contribution < -0.4 is 0 Å². The van der Waals surface area contributed by atoms with Gasteiger partial charge >= 0.3 is 0 Å². The monoisotopic (exact) mass is 182 g/mol. The van der Waals surface area contributed by atoms with E-state index in [9.17, 15) is 0 Å². The molecule has 0 aromatic rings. The molecule has 0 heterocycles. The third-order valence-electron chi connectivity index (χ3n) is 1.51. The van der Waals surface area contributed by atoms with Crippen LogP contribution in [0.5, 0.6) is 0 Å². The van der Waals surface area contributed by atoms with Crippen LogP contribution in [0.3, 0.4) is 0 Å². The molecule has 0 spiro atoms. The van der Waals surface area contributed by atoms with Gasteiger partial charge in [-0.05, 0) is 0 Å². The summed E-state index contributed by atoms with van der Waals surface area (Å²) in [4.78, 5) is 0. The van der Waals surface area contributed by atoms with Crippen molar-refractivity contribution in [1.29, 1.82) is 0 Å². The number of aliphatic hydroxyl groups excluding tert-OH is 6. The SMILES string of the molecule is OCC(O)[C@@H](O)C(O)[C@H](O)CO. The summed E-state index contributed by atoms with van der Waals surface area (Å²) in [6, 6.07) is 0. The minimum Gasteiger partial charge on any atom is -0.394 e. The standard InChI is InChI=1S/C6H14O6/c7-1-3(9)5(11)6(12)4(10)2-8/h3-12H,1-2H2/t3-,4?,5?,6-/m1/s1. The first-order valence-corrected chi connectivity index (χ1v) is 3.48. The molecule has 0 aliphatic rings. The molecule has 0 rings (SSSR count). The zero-order chi connectivity index (χ0) is 9.72. The van der Waals surface area contributed by atoms with Gasteiger partial charge in [-0.1, -0.05) is 0 Å². The third-order valence-corrected chi connectivity index (χ3v) is 1.51. The predicted molar refractivity (Wildman–Crippen MR) is 38.2 cm³/mol. The van der Waals surface area contributed by atoms with Gasteiger partial charge in [-0.3, -0.25) is 0 Å². The molecular formula is C6H14O6. The van der Waals surface area contributed by atoms with Crippen LogP contribution in [-0.2, 0) is 0 Å². The molecule has 0 bridgehead atoms. The minimum atomic E-state index is -1.67. The Morgan fingerprint density at radius 2 is 0.917 bits per heavy atom. The number of rotatable bonds is 5. The molecule has 2 unspecified atom stereocenters. The average Bonchev–Trinajstić information content (AvgIpc) is 2.12. The van der Waals surface area contributed by atoms with E-state index in [0.29, 0.717) is 0 Å². The van der Waals surface area contributed by atoms with Gasteiger partial charge in [-0.2, -0.15) is 0 Å². The summed E-state index contributed by atoms with van der Waals surface area (Å²) < 4.78 is 0. The van der Waals surface area contributed by atoms with Crippen molar-refractivity contribution < 1.29 is 30.6 Å². The maximum atomic E-state index is 8.96. The summed E-state index contributed by atoms with van der Waals surface area (Å²) in [7, 11) is 0. The van der Waals surface area contributed by atoms with Crippen molar-refractivity contribution in [3.8, 4) is 0 Å². The van der Waals surface area contributed by atoms with Crippen molar-refractivity contribution in [1.82, 2.24) is 0 Å². The quantitative estimate of drug-likeness (QED) is 0.261. The lowest BCUT2D eigenvalue weighted by molar-refractivity contribution is -0.123. The summed E-state index contributed by atoms with van der Waals surface area (Å²) in [6.45, 7) is -1.45. The Morgan fingerprint density at radius 3 is 1.08 bits per heavy atom. The van der Waals surface area contributed by atoms with Gasteiger partial charge in [-0.25, -0.2) is 0 Å². The van der Waals surface area contributed by atoms with Crippen molar-refractivity contribution >= 4 is 0 Å². The molecule has 0 saturated carbocycles. The first kappa shape index (κ1) is 11.8. The Labute approximate surface area is 69.3 Å². The van der Waals surface area contributed by atoms with E-state index in [-0.39, 0.29) is 0 Å². The van der Waals surface area contributed by atoms with Gasteiger partial charge in [0.05, 0.1) is 13.2 Å². The Kier molecular flexibility index (Phi) is 5.31. The maximum Gasteiger partial charge on any atom is 0.111 e. The van der Waals surface area contributed by atoms with E-state index in [1.165, 1.54) is 0 Å². The lowest BCUT2D eigenvalue weighted by Crippen LogP contribution is -2.46. The number of hydrogen-bond acceptors (Lipinski definition) is 6. The van der Waals surface area contributed by atoms with Crippen LogP contribution in [0.2, 0.25) is 0 Å². The fourth-order valence-corrected chi connectivity index (χ4v) is 0.671. The van der Waals surface area contributed by atoms with Crippen molar-refractivity contribution in [2.75, 3.05) is 13.2 Å². The molecule has 0 aromatic heterocycles. The molecule has 4 atom stereocenters. The summed E-state index contributed by atoms with van der Waals surface area (Å²) in [6.07, 6.45) is -6.39. The Morgan fingerprint density at radius 1 is 0.667 bits per heavy atom. The van der Waals surface area contributed by atoms with E-state index in [1.807, 2.05) is 0 Å². The van der Waals surface area contributed by atoms with E-state index in [2.05, 4.69) is 0 Å². The molecule has 6 nitrogen and oxygen atoms in total. The fourth-order valence-electron chi connectivity index (χ4n) is 0.671. The number of aliphatic hydroxyl groups is 6. The van der Waals surface area contributed by atoms with Crippen LogP contribution >= 0.6 is 0 Å². The highest BCUT2D eigenvalue weighted by molar-refractivity contribution is 4.79. The molecule has 6 heteroatoms. The van der Waals surface area contributed by atoms with Crippen LogP contribution in [0.1, 0.15) is 0 Å².